The smallest absolute Gasteiger partial charge is 0.249 e. The Hall–Kier alpha value is -0.610. The van der Waals surface area contributed by atoms with E-state index in [4.69, 9.17) is 9.84 Å². The maximum atomic E-state index is 11.7. The average molecular weight is 201 g/mol. The van der Waals surface area contributed by atoms with E-state index in [1.165, 1.54) is 0 Å². The van der Waals surface area contributed by atoms with Crippen molar-refractivity contribution in [2.24, 2.45) is 5.92 Å². The van der Waals surface area contributed by atoms with E-state index in [0.29, 0.717) is 6.61 Å². The van der Waals surface area contributed by atoms with Gasteiger partial charge in [-0.2, -0.15) is 0 Å². The molecule has 4 nitrogen and oxygen atoms in total. The first-order valence-electron chi connectivity index (χ1n) is 5.01. The predicted octanol–water partition coefficient (Wildman–Crippen LogP) is 0.299. The van der Waals surface area contributed by atoms with Crippen molar-refractivity contribution in [1.82, 2.24) is 5.32 Å². The number of amides is 1. The van der Waals surface area contributed by atoms with Crippen molar-refractivity contribution in [1.29, 1.82) is 0 Å². The molecule has 0 aromatic rings. The molecule has 82 valence electrons. The molecule has 0 aliphatic carbocycles. The highest BCUT2D eigenvalue weighted by Crippen LogP contribution is 2.20. The molecule has 1 aliphatic heterocycles. The second-order valence-corrected chi connectivity index (χ2v) is 4.59. The normalized spacial score (nSPS) is 27.7. The van der Waals surface area contributed by atoms with Gasteiger partial charge in [-0.15, -0.1) is 0 Å². The van der Waals surface area contributed by atoms with E-state index < -0.39 is 5.54 Å². The number of aliphatic hydroxyl groups is 1. The van der Waals surface area contributed by atoms with Crippen LogP contribution in [0.3, 0.4) is 0 Å². The van der Waals surface area contributed by atoms with Crippen LogP contribution in [0.15, 0.2) is 0 Å². The predicted molar refractivity (Wildman–Crippen MR) is 52.8 cm³/mol. The zero-order chi connectivity index (χ0) is 10.8. The number of carbonyl (C=O) groups excluding carboxylic acids is 1. The van der Waals surface area contributed by atoms with Crippen LogP contribution in [0.5, 0.6) is 0 Å². The molecule has 4 heteroatoms. The zero-order valence-corrected chi connectivity index (χ0v) is 9.04. The van der Waals surface area contributed by atoms with Crippen LogP contribution >= 0.6 is 0 Å². The molecular weight excluding hydrogens is 182 g/mol. The van der Waals surface area contributed by atoms with Crippen LogP contribution in [0, 0.1) is 5.92 Å². The minimum Gasteiger partial charge on any atom is -0.394 e. The summed E-state index contributed by atoms with van der Waals surface area (Å²) in [4.78, 5) is 11.7. The molecule has 1 heterocycles. The van der Waals surface area contributed by atoms with E-state index in [1.54, 1.807) is 13.8 Å². The fourth-order valence-electron chi connectivity index (χ4n) is 1.47. The van der Waals surface area contributed by atoms with Gasteiger partial charge < -0.3 is 15.2 Å². The molecule has 1 aliphatic rings. The van der Waals surface area contributed by atoms with Gasteiger partial charge in [-0.25, -0.2) is 0 Å². The van der Waals surface area contributed by atoms with Crippen molar-refractivity contribution in [2.45, 2.75) is 38.8 Å². The van der Waals surface area contributed by atoms with E-state index in [2.05, 4.69) is 5.32 Å². The van der Waals surface area contributed by atoms with Gasteiger partial charge in [0.25, 0.3) is 0 Å². The minimum absolute atomic E-state index is 0.0696. The van der Waals surface area contributed by atoms with Crippen molar-refractivity contribution in [3.63, 3.8) is 0 Å². The van der Waals surface area contributed by atoms with Crippen LogP contribution in [-0.2, 0) is 9.53 Å². The number of carbonyl (C=O) groups is 1. The summed E-state index contributed by atoms with van der Waals surface area (Å²) in [6.07, 6.45) is 0.582. The molecular formula is C10H19NO3. The molecule has 2 atom stereocenters. The Balaban J connectivity index is 2.49. The Morgan fingerprint density at radius 2 is 2.29 bits per heavy atom. The van der Waals surface area contributed by atoms with Crippen LogP contribution < -0.4 is 5.32 Å². The van der Waals surface area contributed by atoms with Crippen LogP contribution in [-0.4, -0.2) is 35.9 Å². The lowest BCUT2D eigenvalue weighted by molar-refractivity contribution is -0.133. The number of hydrogen-bond acceptors (Lipinski definition) is 3. The first kappa shape index (κ1) is 11.5. The van der Waals surface area contributed by atoms with E-state index >= 15 is 0 Å². The number of nitrogens with one attached hydrogen (secondary N) is 1. The molecule has 0 bridgehead atoms. The highest BCUT2D eigenvalue weighted by atomic mass is 16.5. The largest absolute Gasteiger partial charge is 0.394 e. The highest BCUT2D eigenvalue weighted by molar-refractivity contribution is 5.82. The number of rotatable bonds is 3. The lowest BCUT2D eigenvalue weighted by Crippen LogP contribution is -2.51. The lowest BCUT2D eigenvalue weighted by Gasteiger charge is -2.26. The summed E-state index contributed by atoms with van der Waals surface area (Å²) < 4.78 is 5.32. The Morgan fingerprint density at radius 3 is 2.71 bits per heavy atom. The standard InChI is InChI=1S/C10H19NO3/c1-7-4-5-14-8(7)9(13)11-10(2,3)6-12/h7-8,12H,4-6H2,1-3H3,(H,11,13). The second kappa shape index (κ2) is 4.28. The molecule has 1 saturated heterocycles. The van der Waals surface area contributed by atoms with Gasteiger partial charge in [0.1, 0.15) is 6.10 Å². The summed E-state index contributed by atoms with van der Waals surface area (Å²) in [7, 11) is 0. The van der Waals surface area contributed by atoms with Gasteiger partial charge >= 0.3 is 0 Å². The molecule has 14 heavy (non-hydrogen) atoms. The van der Waals surface area contributed by atoms with Gasteiger partial charge in [0.05, 0.1) is 12.1 Å². The molecule has 1 rings (SSSR count). The maximum absolute atomic E-state index is 11.7. The fraction of sp³-hybridized carbons (Fsp3) is 0.900. The third kappa shape index (κ3) is 2.69. The van der Waals surface area contributed by atoms with Gasteiger partial charge in [-0.3, -0.25) is 4.79 Å². The van der Waals surface area contributed by atoms with Crippen molar-refractivity contribution < 1.29 is 14.6 Å². The number of ether oxygens (including phenoxy) is 1. The monoisotopic (exact) mass is 201 g/mol. The molecule has 1 fully saturated rings. The van der Waals surface area contributed by atoms with Gasteiger partial charge in [-0.05, 0) is 26.2 Å². The molecule has 1 amide bonds. The Morgan fingerprint density at radius 1 is 1.64 bits per heavy atom. The third-order valence-electron chi connectivity index (χ3n) is 2.50. The number of hydrogen-bond donors (Lipinski definition) is 2. The van der Waals surface area contributed by atoms with Crippen molar-refractivity contribution >= 4 is 5.91 Å². The van der Waals surface area contributed by atoms with Crippen LogP contribution in [0.25, 0.3) is 0 Å². The van der Waals surface area contributed by atoms with Crippen LogP contribution in [0.1, 0.15) is 27.2 Å². The van der Waals surface area contributed by atoms with Gasteiger partial charge in [0.2, 0.25) is 5.91 Å². The molecule has 0 saturated carbocycles. The van der Waals surface area contributed by atoms with E-state index in [0.717, 1.165) is 6.42 Å². The fourth-order valence-corrected chi connectivity index (χ4v) is 1.47. The van der Waals surface area contributed by atoms with Gasteiger partial charge in [-0.1, -0.05) is 6.92 Å². The molecule has 0 radical (unpaired) electrons. The zero-order valence-electron chi connectivity index (χ0n) is 9.04. The Kier molecular flexibility index (Phi) is 3.50. The Bertz CT molecular complexity index is 215. The minimum atomic E-state index is -0.567. The molecule has 2 N–H and O–H groups in total. The first-order valence-corrected chi connectivity index (χ1v) is 5.01. The Labute approximate surface area is 84.6 Å². The summed E-state index contributed by atoms with van der Waals surface area (Å²) in [6.45, 7) is 6.15. The van der Waals surface area contributed by atoms with E-state index in [1.807, 2.05) is 6.92 Å². The lowest BCUT2D eigenvalue weighted by atomic mass is 10.0. The van der Waals surface area contributed by atoms with Gasteiger partial charge in [0, 0.05) is 6.61 Å². The van der Waals surface area contributed by atoms with Crippen molar-refractivity contribution in [3.8, 4) is 0 Å². The summed E-state index contributed by atoms with van der Waals surface area (Å²) in [6, 6.07) is 0. The average Bonchev–Trinajstić information content (AvgIpc) is 2.51. The van der Waals surface area contributed by atoms with Crippen LogP contribution in [0.2, 0.25) is 0 Å². The number of aliphatic hydroxyl groups excluding tert-OH is 1. The van der Waals surface area contributed by atoms with Crippen LogP contribution in [0.4, 0.5) is 0 Å². The van der Waals surface area contributed by atoms with Crippen molar-refractivity contribution in [3.05, 3.63) is 0 Å². The van der Waals surface area contributed by atoms with Gasteiger partial charge in [0.15, 0.2) is 0 Å². The molecule has 0 aromatic heterocycles. The molecule has 0 aromatic carbocycles. The summed E-state index contributed by atoms with van der Waals surface area (Å²) >= 11 is 0. The van der Waals surface area contributed by atoms with E-state index in [-0.39, 0.29) is 24.5 Å². The maximum Gasteiger partial charge on any atom is 0.249 e. The van der Waals surface area contributed by atoms with E-state index in [9.17, 15) is 4.79 Å². The highest BCUT2D eigenvalue weighted by Gasteiger charge is 2.33. The quantitative estimate of drug-likeness (QED) is 0.690. The summed E-state index contributed by atoms with van der Waals surface area (Å²) in [5, 5.41) is 11.8. The SMILES string of the molecule is CC1CCOC1C(=O)NC(C)(C)CO. The topological polar surface area (TPSA) is 58.6 Å². The molecule has 2 unspecified atom stereocenters. The summed E-state index contributed by atoms with van der Waals surface area (Å²) in [5.41, 5.74) is -0.567. The second-order valence-electron chi connectivity index (χ2n) is 4.59. The first-order chi connectivity index (χ1) is 6.46. The third-order valence-corrected chi connectivity index (χ3v) is 2.50. The van der Waals surface area contributed by atoms with Crippen molar-refractivity contribution in [2.75, 3.05) is 13.2 Å². The molecule has 0 spiro atoms. The summed E-state index contributed by atoms with van der Waals surface area (Å²) in [5.74, 6) is 0.151.